The Kier molecular flexibility index (Phi) is 5.43. The first-order valence-corrected chi connectivity index (χ1v) is 8.07. The molecule has 1 aromatic heterocycles. The molecule has 0 radical (unpaired) electrons. The van der Waals surface area contributed by atoms with Crippen molar-refractivity contribution in [2.75, 3.05) is 6.54 Å². The lowest BCUT2D eigenvalue weighted by Crippen LogP contribution is -2.41. The lowest BCUT2D eigenvalue weighted by Gasteiger charge is -2.27. The molecular weight excluding hydrogens is 322 g/mol. The maximum Gasteiger partial charge on any atom is 0.273 e. The lowest BCUT2D eigenvalue weighted by atomic mass is 10.2. The largest absolute Gasteiger partial charge is 0.392 e. The molecular formula is C16H18F2N2O2S. The first-order valence-electron chi connectivity index (χ1n) is 7.19. The number of aliphatic hydroxyl groups excluding tert-OH is 1. The first kappa shape index (κ1) is 17.5. The molecule has 0 aliphatic rings. The zero-order chi connectivity index (χ0) is 17.1. The third-order valence-electron chi connectivity index (χ3n) is 3.23. The Morgan fingerprint density at radius 2 is 2.00 bits per heavy atom. The number of nitrogens with zero attached hydrogens (tertiary/aromatic N) is 2. The molecule has 1 N–H and O–H groups in total. The van der Waals surface area contributed by atoms with Crippen LogP contribution in [0.2, 0.25) is 0 Å². The van der Waals surface area contributed by atoms with Crippen LogP contribution in [0.3, 0.4) is 0 Å². The summed E-state index contributed by atoms with van der Waals surface area (Å²) in [6, 6.07) is 3.41. The third kappa shape index (κ3) is 4.11. The van der Waals surface area contributed by atoms with E-state index < -0.39 is 17.7 Å². The Hall–Kier alpha value is -1.86. The number of aromatic nitrogens is 1. The van der Waals surface area contributed by atoms with Crippen molar-refractivity contribution in [3.05, 3.63) is 40.9 Å². The molecule has 0 bridgehead atoms. The molecule has 1 atom stereocenters. The van der Waals surface area contributed by atoms with Crippen molar-refractivity contribution < 1.29 is 18.7 Å². The number of halogens is 2. The molecule has 0 saturated heterocycles. The number of aliphatic hydroxyl groups is 1. The Morgan fingerprint density at radius 3 is 2.57 bits per heavy atom. The number of benzene rings is 1. The predicted octanol–water partition coefficient (Wildman–Crippen LogP) is 3.32. The van der Waals surface area contributed by atoms with E-state index in [-0.39, 0.29) is 24.2 Å². The predicted molar refractivity (Wildman–Crippen MR) is 85.3 cm³/mol. The van der Waals surface area contributed by atoms with Gasteiger partial charge in [-0.1, -0.05) is 0 Å². The Labute approximate surface area is 137 Å². The van der Waals surface area contributed by atoms with E-state index in [0.717, 1.165) is 12.1 Å². The summed E-state index contributed by atoms with van der Waals surface area (Å²) in [6.07, 6.45) is -0.648. The number of hydrogen-bond acceptors (Lipinski definition) is 4. The van der Waals surface area contributed by atoms with Crippen LogP contribution in [0.25, 0.3) is 10.6 Å². The van der Waals surface area contributed by atoms with Crippen molar-refractivity contribution in [3.63, 3.8) is 0 Å². The van der Waals surface area contributed by atoms with Crippen molar-refractivity contribution in [1.82, 2.24) is 9.88 Å². The van der Waals surface area contributed by atoms with Crippen LogP contribution >= 0.6 is 11.3 Å². The Balaban J connectivity index is 2.26. The second-order valence-electron chi connectivity index (χ2n) is 5.57. The van der Waals surface area contributed by atoms with E-state index in [1.165, 1.54) is 22.3 Å². The molecule has 1 amide bonds. The van der Waals surface area contributed by atoms with Crippen LogP contribution in [-0.2, 0) is 0 Å². The molecule has 2 rings (SSSR count). The Morgan fingerprint density at radius 1 is 1.30 bits per heavy atom. The SMILES string of the molecule is CC(O)CN(C(=O)c1csc(-c2ccc(F)c(F)c2)n1)C(C)C. The fraction of sp³-hybridized carbons (Fsp3) is 0.375. The fourth-order valence-corrected chi connectivity index (χ4v) is 2.88. The standard InChI is InChI=1S/C16H18F2N2O2S/c1-9(2)20(7-10(3)21)16(22)14-8-23-15(19-14)11-4-5-12(17)13(18)6-11/h4-6,8-10,21H,7H2,1-3H3. The summed E-state index contributed by atoms with van der Waals surface area (Å²) in [6.45, 7) is 5.51. The molecule has 0 aliphatic heterocycles. The van der Waals surface area contributed by atoms with Gasteiger partial charge in [-0.3, -0.25) is 4.79 Å². The molecule has 7 heteroatoms. The van der Waals surface area contributed by atoms with E-state index in [9.17, 15) is 18.7 Å². The molecule has 0 aliphatic carbocycles. The van der Waals surface area contributed by atoms with Crippen LogP contribution in [-0.4, -0.2) is 39.6 Å². The normalized spacial score (nSPS) is 12.5. The van der Waals surface area contributed by atoms with E-state index in [0.29, 0.717) is 10.6 Å². The maximum atomic E-state index is 13.3. The highest BCUT2D eigenvalue weighted by Crippen LogP contribution is 2.26. The molecule has 1 unspecified atom stereocenters. The van der Waals surface area contributed by atoms with E-state index in [1.807, 2.05) is 13.8 Å². The Bertz CT molecular complexity index is 701. The van der Waals surface area contributed by atoms with E-state index in [4.69, 9.17) is 0 Å². The van der Waals surface area contributed by atoms with Crippen LogP contribution in [0.5, 0.6) is 0 Å². The van der Waals surface area contributed by atoms with Crippen LogP contribution in [0, 0.1) is 11.6 Å². The molecule has 0 spiro atoms. The molecule has 4 nitrogen and oxygen atoms in total. The summed E-state index contributed by atoms with van der Waals surface area (Å²) < 4.78 is 26.3. The highest BCUT2D eigenvalue weighted by Gasteiger charge is 2.23. The molecule has 1 aromatic carbocycles. The average molecular weight is 340 g/mol. The number of amides is 1. The number of thiazole rings is 1. The van der Waals surface area contributed by atoms with Gasteiger partial charge in [0.2, 0.25) is 0 Å². The molecule has 2 aromatic rings. The summed E-state index contributed by atoms with van der Waals surface area (Å²) in [5.74, 6) is -2.18. The summed E-state index contributed by atoms with van der Waals surface area (Å²) in [7, 11) is 0. The topological polar surface area (TPSA) is 53.4 Å². The third-order valence-corrected chi connectivity index (χ3v) is 4.13. The quantitative estimate of drug-likeness (QED) is 0.908. The van der Waals surface area contributed by atoms with Crippen molar-refractivity contribution in [2.45, 2.75) is 32.9 Å². The highest BCUT2D eigenvalue weighted by atomic mass is 32.1. The minimum atomic E-state index is -0.955. The van der Waals surface area contributed by atoms with E-state index in [2.05, 4.69) is 4.98 Å². The van der Waals surface area contributed by atoms with Gasteiger partial charge in [0.05, 0.1) is 6.10 Å². The van der Waals surface area contributed by atoms with Gasteiger partial charge in [-0.15, -0.1) is 11.3 Å². The van der Waals surface area contributed by atoms with Gasteiger partial charge >= 0.3 is 0 Å². The van der Waals surface area contributed by atoms with Crippen molar-refractivity contribution in [3.8, 4) is 10.6 Å². The van der Waals surface area contributed by atoms with Crippen molar-refractivity contribution in [2.24, 2.45) is 0 Å². The van der Waals surface area contributed by atoms with Crippen LogP contribution < -0.4 is 0 Å². The molecule has 124 valence electrons. The van der Waals surface area contributed by atoms with Gasteiger partial charge in [0, 0.05) is 23.5 Å². The highest BCUT2D eigenvalue weighted by molar-refractivity contribution is 7.13. The number of hydrogen-bond donors (Lipinski definition) is 1. The first-order chi connectivity index (χ1) is 10.8. The minimum absolute atomic E-state index is 0.0921. The lowest BCUT2D eigenvalue weighted by molar-refractivity contribution is 0.0574. The summed E-state index contributed by atoms with van der Waals surface area (Å²) in [5, 5.41) is 11.5. The van der Waals surface area contributed by atoms with Gasteiger partial charge in [-0.2, -0.15) is 0 Å². The van der Waals surface area contributed by atoms with Crippen LogP contribution in [0.4, 0.5) is 8.78 Å². The summed E-state index contributed by atoms with van der Waals surface area (Å²) in [5.41, 5.74) is 0.642. The molecule has 1 heterocycles. The van der Waals surface area contributed by atoms with E-state index >= 15 is 0 Å². The zero-order valence-electron chi connectivity index (χ0n) is 13.1. The van der Waals surface area contributed by atoms with E-state index in [1.54, 1.807) is 12.3 Å². The van der Waals surface area contributed by atoms with Gasteiger partial charge in [0.15, 0.2) is 11.6 Å². The monoisotopic (exact) mass is 340 g/mol. The smallest absolute Gasteiger partial charge is 0.273 e. The minimum Gasteiger partial charge on any atom is -0.392 e. The van der Waals surface area contributed by atoms with Crippen molar-refractivity contribution in [1.29, 1.82) is 0 Å². The summed E-state index contributed by atoms with van der Waals surface area (Å²) >= 11 is 1.18. The molecule has 0 saturated carbocycles. The van der Waals surface area contributed by atoms with Gasteiger partial charge in [-0.25, -0.2) is 13.8 Å². The zero-order valence-corrected chi connectivity index (χ0v) is 13.9. The maximum absolute atomic E-state index is 13.3. The van der Waals surface area contributed by atoms with Crippen LogP contribution in [0.15, 0.2) is 23.6 Å². The second kappa shape index (κ2) is 7.14. The number of carbonyl (C=O) groups excluding carboxylic acids is 1. The average Bonchev–Trinajstić information content (AvgIpc) is 2.96. The fourth-order valence-electron chi connectivity index (χ4n) is 2.09. The molecule has 23 heavy (non-hydrogen) atoms. The van der Waals surface area contributed by atoms with Gasteiger partial charge in [0.1, 0.15) is 10.7 Å². The van der Waals surface area contributed by atoms with Crippen LogP contribution in [0.1, 0.15) is 31.3 Å². The number of rotatable bonds is 5. The summed E-state index contributed by atoms with van der Waals surface area (Å²) in [4.78, 5) is 18.3. The van der Waals surface area contributed by atoms with Gasteiger partial charge < -0.3 is 10.0 Å². The van der Waals surface area contributed by atoms with Crippen molar-refractivity contribution >= 4 is 17.2 Å². The van der Waals surface area contributed by atoms with Gasteiger partial charge in [-0.05, 0) is 39.0 Å². The molecule has 0 fully saturated rings. The van der Waals surface area contributed by atoms with Gasteiger partial charge in [0.25, 0.3) is 5.91 Å². The number of carbonyl (C=O) groups is 1. The second-order valence-corrected chi connectivity index (χ2v) is 6.43.